The monoisotopic (exact) mass is 321 g/mol. The molecule has 0 aromatic carbocycles. The highest BCUT2D eigenvalue weighted by atomic mass is 79.9. The molecule has 2 heterocycles. The van der Waals surface area contributed by atoms with Gasteiger partial charge in [-0.25, -0.2) is 4.98 Å². The lowest BCUT2D eigenvalue weighted by molar-refractivity contribution is 0.459. The molecule has 100 valence electrons. The molecule has 0 aliphatic heterocycles. The fraction of sp³-hybridized carbons (Fsp3) is 0.286. The Labute approximate surface area is 121 Å². The molecular weight excluding hydrogens is 306 g/mol. The number of hydrogen-bond acceptors (Lipinski definition) is 4. The van der Waals surface area contributed by atoms with Gasteiger partial charge in [0, 0.05) is 29.0 Å². The minimum absolute atomic E-state index is 0.183. The normalized spacial score (nSPS) is 12.2. The first kappa shape index (κ1) is 14.0. The van der Waals surface area contributed by atoms with Crippen LogP contribution in [0.1, 0.15) is 18.9 Å². The van der Waals surface area contributed by atoms with Crippen molar-refractivity contribution in [3.05, 3.63) is 46.8 Å². The molecule has 0 aliphatic carbocycles. The maximum absolute atomic E-state index is 5.91. The van der Waals surface area contributed by atoms with Crippen LogP contribution in [0.4, 0.5) is 0 Å². The molecule has 0 saturated carbocycles. The zero-order valence-electron chi connectivity index (χ0n) is 10.7. The molecule has 4 nitrogen and oxygen atoms in total. The van der Waals surface area contributed by atoms with Crippen molar-refractivity contribution >= 4 is 15.9 Å². The Hall–Kier alpha value is -1.46. The Morgan fingerprint density at radius 3 is 2.79 bits per heavy atom. The first-order chi connectivity index (χ1) is 9.17. The molecule has 0 saturated heterocycles. The molecule has 5 heteroatoms. The van der Waals surface area contributed by atoms with Crippen LogP contribution in [0, 0.1) is 0 Å². The third-order valence-electron chi connectivity index (χ3n) is 2.72. The third kappa shape index (κ3) is 4.29. The number of rotatable bonds is 5. The predicted octanol–water partition coefficient (Wildman–Crippen LogP) is 3.31. The van der Waals surface area contributed by atoms with Crippen LogP contribution >= 0.6 is 15.9 Å². The van der Waals surface area contributed by atoms with E-state index in [0.29, 0.717) is 11.6 Å². The number of halogens is 1. The van der Waals surface area contributed by atoms with Gasteiger partial charge < -0.3 is 10.5 Å². The number of nitrogens with two attached hydrogens (primary N) is 1. The topological polar surface area (TPSA) is 61.0 Å². The number of nitrogens with zero attached hydrogens (tertiary/aromatic N) is 2. The lowest BCUT2D eigenvalue weighted by atomic mass is 10.1. The van der Waals surface area contributed by atoms with Crippen molar-refractivity contribution in [1.29, 1.82) is 0 Å². The summed E-state index contributed by atoms with van der Waals surface area (Å²) in [6, 6.07) is 5.86. The molecule has 2 N–H and O–H groups in total. The van der Waals surface area contributed by atoms with Crippen molar-refractivity contribution in [2.75, 3.05) is 0 Å². The summed E-state index contributed by atoms with van der Waals surface area (Å²) >= 11 is 3.35. The lowest BCUT2D eigenvalue weighted by Gasteiger charge is -2.09. The summed E-state index contributed by atoms with van der Waals surface area (Å²) in [6.45, 7) is 2.08. The van der Waals surface area contributed by atoms with E-state index in [1.165, 1.54) is 0 Å². The highest BCUT2D eigenvalue weighted by molar-refractivity contribution is 9.10. The van der Waals surface area contributed by atoms with E-state index in [0.717, 1.165) is 22.9 Å². The largest absolute Gasteiger partial charge is 0.437 e. The summed E-state index contributed by atoms with van der Waals surface area (Å²) in [7, 11) is 0. The lowest BCUT2D eigenvalue weighted by Crippen LogP contribution is -2.21. The van der Waals surface area contributed by atoms with Gasteiger partial charge in [-0.1, -0.05) is 13.0 Å². The molecule has 1 unspecified atom stereocenters. The van der Waals surface area contributed by atoms with Gasteiger partial charge in [-0.15, -0.1) is 0 Å². The van der Waals surface area contributed by atoms with Crippen molar-refractivity contribution in [2.45, 2.75) is 25.8 Å². The zero-order chi connectivity index (χ0) is 13.7. The Morgan fingerprint density at radius 2 is 2.16 bits per heavy atom. The van der Waals surface area contributed by atoms with Gasteiger partial charge in [0.25, 0.3) is 0 Å². The van der Waals surface area contributed by atoms with E-state index in [9.17, 15) is 0 Å². The predicted molar refractivity (Wildman–Crippen MR) is 78.2 cm³/mol. The summed E-state index contributed by atoms with van der Waals surface area (Å²) in [5.74, 6) is 1.20. The summed E-state index contributed by atoms with van der Waals surface area (Å²) in [4.78, 5) is 8.30. The SMILES string of the molecule is CCC(N)Cc1ccc(Oc2cncc(Br)c2)nc1. The van der Waals surface area contributed by atoms with E-state index in [2.05, 4.69) is 32.8 Å². The molecule has 2 rings (SSSR count). The molecule has 0 bridgehead atoms. The van der Waals surface area contributed by atoms with Crippen molar-refractivity contribution in [2.24, 2.45) is 5.73 Å². The average Bonchev–Trinajstić information content (AvgIpc) is 2.41. The standard InChI is InChI=1S/C14H16BrN3O/c1-2-12(16)5-10-3-4-14(18-7-10)19-13-6-11(15)8-17-9-13/h3-4,6-9,12H,2,5,16H2,1H3. The van der Waals surface area contributed by atoms with E-state index in [1.54, 1.807) is 18.6 Å². The molecular formula is C14H16BrN3O. The molecule has 19 heavy (non-hydrogen) atoms. The second-order valence-corrected chi connectivity index (χ2v) is 5.23. The van der Waals surface area contributed by atoms with Gasteiger partial charge in [-0.3, -0.25) is 4.98 Å². The molecule has 0 aliphatic rings. The fourth-order valence-electron chi connectivity index (χ4n) is 1.61. The minimum Gasteiger partial charge on any atom is -0.437 e. The maximum atomic E-state index is 5.91. The van der Waals surface area contributed by atoms with Crippen LogP contribution in [0.5, 0.6) is 11.6 Å². The fourth-order valence-corrected chi connectivity index (χ4v) is 1.95. The smallest absolute Gasteiger partial charge is 0.219 e. The highest BCUT2D eigenvalue weighted by Gasteiger charge is 2.04. The second kappa shape index (κ2) is 6.63. The molecule has 0 radical (unpaired) electrons. The molecule has 1 atom stereocenters. The van der Waals surface area contributed by atoms with Crippen LogP contribution in [0.25, 0.3) is 0 Å². The first-order valence-electron chi connectivity index (χ1n) is 6.16. The summed E-state index contributed by atoms with van der Waals surface area (Å²) < 4.78 is 6.48. The van der Waals surface area contributed by atoms with Gasteiger partial charge >= 0.3 is 0 Å². The van der Waals surface area contributed by atoms with E-state index in [-0.39, 0.29) is 6.04 Å². The van der Waals surface area contributed by atoms with Gasteiger partial charge in [-0.2, -0.15) is 0 Å². The van der Waals surface area contributed by atoms with Crippen molar-refractivity contribution in [3.8, 4) is 11.6 Å². The Morgan fingerprint density at radius 1 is 1.32 bits per heavy atom. The van der Waals surface area contributed by atoms with E-state index >= 15 is 0 Å². The van der Waals surface area contributed by atoms with Crippen molar-refractivity contribution < 1.29 is 4.74 Å². The highest BCUT2D eigenvalue weighted by Crippen LogP contribution is 2.21. The van der Waals surface area contributed by atoms with Gasteiger partial charge in [0.05, 0.1) is 6.20 Å². The van der Waals surface area contributed by atoms with Crippen molar-refractivity contribution in [3.63, 3.8) is 0 Å². The van der Waals surface area contributed by atoms with E-state index in [1.807, 2.05) is 18.2 Å². The van der Waals surface area contributed by atoms with Crippen LogP contribution < -0.4 is 10.5 Å². The Bertz CT molecular complexity index is 530. The number of ether oxygens (including phenoxy) is 1. The second-order valence-electron chi connectivity index (χ2n) is 4.32. The van der Waals surface area contributed by atoms with Gasteiger partial charge in [0.1, 0.15) is 5.75 Å². The Kier molecular flexibility index (Phi) is 4.87. The minimum atomic E-state index is 0.183. The van der Waals surface area contributed by atoms with E-state index < -0.39 is 0 Å². The van der Waals surface area contributed by atoms with Crippen LogP contribution in [0.2, 0.25) is 0 Å². The summed E-state index contributed by atoms with van der Waals surface area (Å²) in [6.07, 6.45) is 6.95. The molecule has 2 aromatic rings. The van der Waals surface area contributed by atoms with Gasteiger partial charge in [-0.05, 0) is 40.4 Å². The Balaban J connectivity index is 2.02. The summed E-state index contributed by atoms with van der Waals surface area (Å²) in [5, 5.41) is 0. The zero-order valence-corrected chi connectivity index (χ0v) is 12.3. The molecule has 0 fully saturated rings. The molecule has 0 amide bonds. The summed E-state index contributed by atoms with van der Waals surface area (Å²) in [5.41, 5.74) is 7.03. The van der Waals surface area contributed by atoms with Crippen LogP contribution in [-0.4, -0.2) is 16.0 Å². The maximum Gasteiger partial charge on any atom is 0.219 e. The van der Waals surface area contributed by atoms with E-state index in [4.69, 9.17) is 10.5 Å². The van der Waals surface area contributed by atoms with Crippen molar-refractivity contribution in [1.82, 2.24) is 9.97 Å². The number of aromatic nitrogens is 2. The van der Waals surface area contributed by atoms with Crippen LogP contribution in [-0.2, 0) is 6.42 Å². The first-order valence-corrected chi connectivity index (χ1v) is 6.95. The average molecular weight is 322 g/mol. The van der Waals surface area contributed by atoms with Crippen LogP contribution in [0.15, 0.2) is 41.3 Å². The third-order valence-corrected chi connectivity index (χ3v) is 3.16. The molecule has 0 spiro atoms. The van der Waals surface area contributed by atoms with Gasteiger partial charge in [0.2, 0.25) is 5.88 Å². The number of hydrogen-bond donors (Lipinski definition) is 1. The quantitative estimate of drug-likeness (QED) is 0.917. The number of pyridine rings is 2. The molecule has 2 aromatic heterocycles. The van der Waals surface area contributed by atoms with Gasteiger partial charge in [0.15, 0.2) is 0 Å². The van der Waals surface area contributed by atoms with Crippen LogP contribution in [0.3, 0.4) is 0 Å².